The molecule has 0 aromatic heterocycles. The van der Waals surface area contributed by atoms with Gasteiger partial charge < -0.3 is 9.80 Å². The van der Waals surface area contributed by atoms with Gasteiger partial charge in [0.25, 0.3) is 6.71 Å². The van der Waals surface area contributed by atoms with Crippen LogP contribution in [0.3, 0.4) is 0 Å². The molecule has 0 N–H and O–H groups in total. The number of aryl methyl sites for hydroxylation is 1. The summed E-state index contributed by atoms with van der Waals surface area (Å²) in [6, 6.07) is 54.4. The third-order valence-corrected chi connectivity index (χ3v) is 15.4. The Morgan fingerprint density at radius 1 is 0.424 bits per heavy atom. The molecule has 0 saturated carbocycles. The van der Waals surface area contributed by atoms with Gasteiger partial charge in [-0.05, 0) is 162 Å². The van der Waals surface area contributed by atoms with Gasteiger partial charge in [-0.25, -0.2) is 0 Å². The van der Waals surface area contributed by atoms with Gasteiger partial charge >= 0.3 is 0 Å². The van der Waals surface area contributed by atoms with Gasteiger partial charge in [0.2, 0.25) is 0 Å². The normalized spacial score (nSPS) is 16.1. The fourth-order valence-electron chi connectivity index (χ4n) is 11.3. The van der Waals surface area contributed by atoms with E-state index in [2.05, 4.69) is 246 Å². The first-order valence-corrected chi connectivity index (χ1v) is 24.5. The molecule has 0 amide bonds. The van der Waals surface area contributed by atoms with Crippen molar-refractivity contribution < 1.29 is 0 Å². The quantitative estimate of drug-likeness (QED) is 0.163. The van der Waals surface area contributed by atoms with E-state index in [0.717, 1.165) is 6.42 Å². The Morgan fingerprint density at radius 3 is 1.62 bits per heavy atom. The predicted molar refractivity (Wildman–Crippen MR) is 287 cm³/mol. The lowest BCUT2D eigenvalue weighted by atomic mass is 9.33. The highest BCUT2D eigenvalue weighted by molar-refractivity contribution is 7.00. The number of fused-ring (bicyclic) bond motifs is 5. The van der Waals surface area contributed by atoms with E-state index >= 15 is 0 Å². The monoisotopic (exact) mass is 865 g/mol. The summed E-state index contributed by atoms with van der Waals surface area (Å²) in [6.07, 6.45) is 2.32. The first-order valence-electron chi connectivity index (χ1n) is 24.5. The Hall–Kier alpha value is -5.80. The van der Waals surface area contributed by atoms with Crippen LogP contribution in [0.1, 0.15) is 136 Å². The Morgan fingerprint density at radius 2 is 0.970 bits per heavy atom. The van der Waals surface area contributed by atoms with Crippen LogP contribution >= 0.6 is 0 Å². The first-order chi connectivity index (χ1) is 31.0. The van der Waals surface area contributed by atoms with E-state index in [0.29, 0.717) is 0 Å². The highest BCUT2D eigenvalue weighted by atomic mass is 15.2. The van der Waals surface area contributed by atoms with Crippen molar-refractivity contribution in [1.29, 1.82) is 0 Å². The third kappa shape index (κ3) is 7.24. The van der Waals surface area contributed by atoms with Crippen LogP contribution in [-0.2, 0) is 27.1 Å². The van der Waals surface area contributed by atoms with Crippen molar-refractivity contribution in [2.75, 3.05) is 9.80 Å². The molecule has 1 aliphatic carbocycles. The maximum atomic E-state index is 2.69. The number of hydrogen-bond donors (Lipinski definition) is 0. The molecule has 2 nitrogen and oxygen atoms in total. The Labute approximate surface area is 397 Å². The molecule has 10 rings (SSSR count). The zero-order valence-electron chi connectivity index (χ0n) is 42.2. The lowest BCUT2D eigenvalue weighted by Gasteiger charge is -2.48. The van der Waals surface area contributed by atoms with Gasteiger partial charge in [-0.3, -0.25) is 0 Å². The largest absolute Gasteiger partial charge is 0.311 e. The smallest absolute Gasteiger partial charge is 0.252 e. The van der Waals surface area contributed by atoms with Gasteiger partial charge in [-0.15, -0.1) is 0 Å². The minimum Gasteiger partial charge on any atom is -0.311 e. The van der Waals surface area contributed by atoms with Crippen LogP contribution in [0.4, 0.5) is 34.1 Å². The zero-order chi connectivity index (χ0) is 46.9. The maximum absolute atomic E-state index is 2.69. The summed E-state index contributed by atoms with van der Waals surface area (Å²) in [5.41, 5.74) is 24.9. The van der Waals surface area contributed by atoms with Crippen molar-refractivity contribution in [2.24, 2.45) is 0 Å². The standard InChI is InChI=1S/C63H69BN2/c1-40-33-56-58-57(34-40)66(53-30-28-43(60(5,6)7)36-48(53)47-26-19-18-25-46(47)41-21-16-15-17-22-41)55-39-50-49(62(11,12)31-32-63(50,13)14)38-52(55)64(58)51-29-27-44(61(8,9)10)37-54(51)65(56)45-24-20-23-42(35-45)59(2,3)4/h15-30,33-39H,31-32H2,1-14H3. The molecule has 0 fully saturated rings. The zero-order valence-corrected chi connectivity index (χ0v) is 42.2. The van der Waals surface area contributed by atoms with Crippen LogP contribution in [0.2, 0.25) is 0 Å². The molecule has 0 bridgehead atoms. The molecule has 0 spiro atoms. The molecule has 2 aliphatic heterocycles. The van der Waals surface area contributed by atoms with Crippen molar-refractivity contribution in [3.63, 3.8) is 0 Å². The van der Waals surface area contributed by atoms with E-state index in [9.17, 15) is 0 Å². The first kappa shape index (κ1) is 44.1. The van der Waals surface area contributed by atoms with Crippen molar-refractivity contribution >= 4 is 57.2 Å². The molecule has 7 aromatic rings. The molecule has 0 radical (unpaired) electrons. The fraction of sp³-hybridized carbons (Fsp3) is 0.333. The van der Waals surface area contributed by atoms with Crippen LogP contribution < -0.4 is 26.2 Å². The molecule has 334 valence electrons. The number of anilines is 6. The maximum Gasteiger partial charge on any atom is 0.252 e. The molecule has 3 heteroatoms. The lowest BCUT2D eigenvalue weighted by molar-refractivity contribution is 0.332. The summed E-state index contributed by atoms with van der Waals surface area (Å²) in [4.78, 5) is 5.31. The summed E-state index contributed by atoms with van der Waals surface area (Å²) >= 11 is 0. The van der Waals surface area contributed by atoms with Gasteiger partial charge in [0.05, 0.1) is 5.69 Å². The molecular formula is C63H69BN2. The highest BCUT2D eigenvalue weighted by Crippen LogP contribution is 2.53. The summed E-state index contributed by atoms with van der Waals surface area (Å²) in [5, 5.41) is 0. The second kappa shape index (κ2) is 15.1. The average Bonchev–Trinajstić information content (AvgIpc) is 3.26. The molecule has 0 atom stereocenters. The van der Waals surface area contributed by atoms with E-state index in [1.54, 1.807) is 0 Å². The molecular weight excluding hydrogens is 796 g/mol. The minimum absolute atomic E-state index is 0.00246. The van der Waals surface area contributed by atoms with Gasteiger partial charge in [0.1, 0.15) is 0 Å². The molecule has 0 unspecified atom stereocenters. The van der Waals surface area contributed by atoms with Crippen LogP contribution in [0, 0.1) is 6.92 Å². The third-order valence-electron chi connectivity index (χ3n) is 15.4. The van der Waals surface area contributed by atoms with Gasteiger partial charge in [0, 0.05) is 34.0 Å². The molecule has 3 aliphatic rings. The number of rotatable bonds is 4. The molecule has 7 aromatic carbocycles. The second-order valence-corrected chi connectivity index (χ2v) is 24.3. The van der Waals surface area contributed by atoms with Crippen LogP contribution in [0.25, 0.3) is 22.3 Å². The number of hydrogen-bond acceptors (Lipinski definition) is 2. The van der Waals surface area contributed by atoms with Crippen molar-refractivity contribution in [3.8, 4) is 22.3 Å². The van der Waals surface area contributed by atoms with E-state index in [1.807, 2.05) is 0 Å². The van der Waals surface area contributed by atoms with E-state index in [-0.39, 0.29) is 33.8 Å². The molecule has 0 saturated heterocycles. The number of benzene rings is 7. The van der Waals surface area contributed by atoms with E-state index in [1.165, 1.54) is 113 Å². The van der Waals surface area contributed by atoms with Gasteiger partial charge in [-0.1, -0.05) is 181 Å². The summed E-state index contributed by atoms with van der Waals surface area (Å²) < 4.78 is 0. The van der Waals surface area contributed by atoms with Crippen LogP contribution in [-0.4, -0.2) is 6.71 Å². The molecule has 2 heterocycles. The molecule has 66 heavy (non-hydrogen) atoms. The van der Waals surface area contributed by atoms with Crippen molar-refractivity contribution in [2.45, 2.75) is 137 Å². The Bertz CT molecular complexity index is 3060. The van der Waals surface area contributed by atoms with Crippen LogP contribution in [0.15, 0.2) is 140 Å². The summed E-state index contributed by atoms with van der Waals surface area (Å²) in [5.74, 6) is 0. The number of nitrogens with zero attached hydrogens (tertiary/aromatic N) is 2. The lowest BCUT2D eigenvalue weighted by Crippen LogP contribution is -2.62. The summed E-state index contributed by atoms with van der Waals surface area (Å²) in [7, 11) is 0. The van der Waals surface area contributed by atoms with Crippen molar-refractivity contribution in [3.05, 3.63) is 173 Å². The highest BCUT2D eigenvalue weighted by Gasteiger charge is 2.47. The summed E-state index contributed by atoms with van der Waals surface area (Å²) in [6.45, 7) is 33.3. The fourth-order valence-corrected chi connectivity index (χ4v) is 11.3. The second-order valence-electron chi connectivity index (χ2n) is 24.3. The van der Waals surface area contributed by atoms with E-state index in [4.69, 9.17) is 0 Å². The Kier molecular flexibility index (Phi) is 10.1. The SMILES string of the molecule is Cc1cc2c3c(c1)N(c1ccc(C(C)(C)C)cc1-c1ccccc1-c1ccccc1)c1cc4c(cc1B3c1ccc(C(C)(C)C)cc1N2c1cccc(C(C)(C)C)c1)C(C)(C)CCC4(C)C. The topological polar surface area (TPSA) is 6.48 Å². The Balaban J connectivity index is 1.35. The van der Waals surface area contributed by atoms with E-state index < -0.39 is 0 Å². The van der Waals surface area contributed by atoms with Gasteiger partial charge in [0.15, 0.2) is 0 Å². The van der Waals surface area contributed by atoms with Crippen LogP contribution in [0.5, 0.6) is 0 Å². The van der Waals surface area contributed by atoms with Gasteiger partial charge in [-0.2, -0.15) is 0 Å². The average molecular weight is 865 g/mol. The van der Waals surface area contributed by atoms with Crippen molar-refractivity contribution in [1.82, 2.24) is 0 Å². The predicted octanol–water partition coefficient (Wildman–Crippen LogP) is 15.7. The minimum atomic E-state index is -0.0469.